The SMILES string of the molecule is CCCNC(=O)CN(C)C(=O)Cc1ccc(OC)cc1. The Hall–Kier alpha value is -2.04. The first-order chi connectivity index (χ1) is 9.56. The molecular formula is C15H22N2O3. The van der Waals surface area contributed by atoms with Gasteiger partial charge in [0.25, 0.3) is 0 Å². The summed E-state index contributed by atoms with van der Waals surface area (Å²) >= 11 is 0. The zero-order valence-corrected chi connectivity index (χ0v) is 12.3. The molecule has 0 aliphatic heterocycles. The van der Waals surface area contributed by atoms with Gasteiger partial charge in [0.2, 0.25) is 11.8 Å². The lowest BCUT2D eigenvalue weighted by atomic mass is 10.1. The number of carbonyl (C=O) groups is 2. The monoisotopic (exact) mass is 278 g/mol. The van der Waals surface area contributed by atoms with Crippen LogP contribution in [-0.2, 0) is 16.0 Å². The molecule has 0 fully saturated rings. The topological polar surface area (TPSA) is 58.6 Å². The van der Waals surface area contributed by atoms with Crippen molar-refractivity contribution in [1.29, 1.82) is 0 Å². The second kappa shape index (κ2) is 8.19. The lowest BCUT2D eigenvalue weighted by molar-refractivity contribution is -0.134. The lowest BCUT2D eigenvalue weighted by Crippen LogP contribution is -2.39. The minimum Gasteiger partial charge on any atom is -0.497 e. The third-order valence-electron chi connectivity index (χ3n) is 2.89. The van der Waals surface area contributed by atoms with Gasteiger partial charge in [-0.05, 0) is 24.1 Å². The third-order valence-corrected chi connectivity index (χ3v) is 2.89. The summed E-state index contributed by atoms with van der Waals surface area (Å²) in [6, 6.07) is 7.33. The van der Waals surface area contributed by atoms with E-state index >= 15 is 0 Å². The first-order valence-electron chi connectivity index (χ1n) is 6.70. The highest BCUT2D eigenvalue weighted by Crippen LogP contribution is 2.12. The summed E-state index contributed by atoms with van der Waals surface area (Å²) in [7, 11) is 3.24. The van der Waals surface area contributed by atoms with Gasteiger partial charge < -0.3 is 15.0 Å². The summed E-state index contributed by atoms with van der Waals surface area (Å²) < 4.78 is 5.06. The molecule has 0 unspecified atom stereocenters. The quantitative estimate of drug-likeness (QED) is 0.816. The molecule has 0 atom stereocenters. The van der Waals surface area contributed by atoms with Crippen LogP contribution in [0, 0.1) is 0 Å². The van der Waals surface area contributed by atoms with Gasteiger partial charge >= 0.3 is 0 Å². The molecule has 2 amide bonds. The fourth-order valence-electron chi connectivity index (χ4n) is 1.68. The average molecular weight is 278 g/mol. The number of hydrogen-bond donors (Lipinski definition) is 1. The molecule has 0 aromatic heterocycles. The van der Waals surface area contributed by atoms with Gasteiger partial charge in [-0.3, -0.25) is 9.59 Å². The largest absolute Gasteiger partial charge is 0.497 e. The van der Waals surface area contributed by atoms with Gasteiger partial charge in [0.15, 0.2) is 0 Å². The van der Waals surface area contributed by atoms with E-state index in [0.717, 1.165) is 17.7 Å². The fraction of sp³-hybridized carbons (Fsp3) is 0.467. The Morgan fingerprint density at radius 1 is 1.25 bits per heavy atom. The number of rotatable bonds is 7. The maximum Gasteiger partial charge on any atom is 0.239 e. The Kier molecular flexibility index (Phi) is 6.56. The average Bonchev–Trinajstić information content (AvgIpc) is 2.45. The van der Waals surface area contributed by atoms with E-state index in [9.17, 15) is 9.59 Å². The summed E-state index contributed by atoms with van der Waals surface area (Å²) in [6.45, 7) is 2.72. The Labute approximate surface area is 119 Å². The molecule has 0 aliphatic rings. The number of ether oxygens (including phenoxy) is 1. The van der Waals surface area contributed by atoms with Gasteiger partial charge in [-0.2, -0.15) is 0 Å². The summed E-state index contributed by atoms with van der Waals surface area (Å²) in [5.41, 5.74) is 0.900. The van der Waals surface area contributed by atoms with Crippen LogP contribution in [0.15, 0.2) is 24.3 Å². The molecule has 0 aliphatic carbocycles. The van der Waals surface area contributed by atoms with Crippen LogP contribution in [0.5, 0.6) is 5.75 Å². The molecule has 0 heterocycles. The van der Waals surface area contributed by atoms with Crippen LogP contribution < -0.4 is 10.1 Å². The van der Waals surface area contributed by atoms with Crippen LogP contribution in [0.2, 0.25) is 0 Å². The van der Waals surface area contributed by atoms with Gasteiger partial charge in [-0.15, -0.1) is 0 Å². The number of hydrogen-bond acceptors (Lipinski definition) is 3. The highest BCUT2D eigenvalue weighted by atomic mass is 16.5. The van der Waals surface area contributed by atoms with Crippen LogP contribution in [0.3, 0.4) is 0 Å². The van der Waals surface area contributed by atoms with E-state index in [1.165, 1.54) is 4.90 Å². The van der Waals surface area contributed by atoms with Crippen LogP contribution in [0.25, 0.3) is 0 Å². The summed E-state index contributed by atoms with van der Waals surface area (Å²) in [6.07, 6.45) is 1.16. The standard InChI is InChI=1S/C15H22N2O3/c1-4-9-16-14(18)11-17(2)15(19)10-12-5-7-13(20-3)8-6-12/h5-8H,4,9-11H2,1-3H3,(H,16,18). The Morgan fingerprint density at radius 3 is 2.45 bits per heavy atom. The van der Waals surface area contributed by atoms with Crippen molar-refractivity contribution in [1.82, 2.24) is 10.2 Å². The highest BCUT2D eigenvalue weighted by Gasteiger charge is 2.13. The molecule has 0 saturated heterocycles. The fourth-order valence-corrected chi connectivity index (χ4v) is 1.68. The predicted octanol–water partition coefficient (Wildman–Crippen LogP) is 1.22. The zero-order chi connectivity index (χ0) is 15.0. The second-order valence-corrected chi connectivity index (χ2v) is 4.62. The first kappa shape index (κ1) is 16.0. The van der Waals surface area contributed by atoms with Crippen molar-refractivity contribution in [2.45, 2.75) is 19.8 Å². The van der Waals surface area contributed by atoms with Crippen molar-refractivity contribution in [3.8, 4) is 5.75 Å². The molecule has 110 valence electrons. The third kappa shape index (κ3) is 5.30. The molecule has 0 saturated carbocycles. The van der Waals surface area contributed by atoms with Crippen LogP contribution in [0.1, 0.15) is 18.9 Å². The van der Waals surface area contributed by atoms with E-state index in [-0.39, 0.29) is 24.8 Å². The minimum atomic E-state index is -0.127. The molecule has 1 aromatic rings. The highest BCUT2D eigenvalue weighted by molar-refractivity contribution is 5.85. The zero-order valence-electron chi connectivity index (χ0n) is 12.3. The molecule has 0 radical (unpaired) electrons. The van der Waals surface area contributed by atoms with Gasteiger partial charge in [-0.25, -0.2) is 0 Å². The van der Waals surface area contributed by atoms with Crippen LogP contribution in [0.4, 0.5) is 0 Å². The Balaban J connectivity index is 2.46. The van der Waals surface area contributed by atoms with E-state index in [0.29, 0.717) is 6.54 Å². The van der Waals surface area contributed by atoms with Gasteiger partial charge in [0.1, 0.15) is 5.75 Å². The molecule has 0 bridgehead atoms. The van der Waals surface area contributed by atoms with Gasteiger partial charge in [0.05, 0.1) is 20.1 Å². The molecular weight excluding hydrogens is 256 g/mol. The summed E-state index contributed by atoms with van der Waals surface area (Å²) in [4.78, 5) is 25.0. The first-order valence-corrected chi connectivity index (χ1v) is 6.70. The smallest absolute Gasteiger partial charge is 0.239 e. The molecule has 1 rings (SSSR count). The number of methoxy groups -OCH3 is 1. The molecule has 5 nitrogen and oxygen atoms in total. The minimum absolute atomic E-state index is 0.0817. The number of nitrogens with zero attached hydrogens (tertiary/aromatic N) is 1. The number of benzene rings is 1. The van der Waals surface area contributed by atoms with Crippen molar-refractivity contribution < 1.29 is 14.3 Å². The van der Waals surface area contributed by atoms with Crippen molar-refractivity contribution >= 4 is 11.8 Å². The van der Waals surface area contributed by atoms with Crippen molar-refractivity contribution in [2.24, 2.45) is 0 Å². The Bertz CT molecular complexity index is 443. The summed E-state index contributed by atoms with van der Waals surface area (Å²) in [5.74, 6) is 0.549. The molecule has 1 N–H and O–H groups in total. The number of carbonyl (C=O) groups excluding carboxylic acids is 2. The normalized spacial score (nSPS) is 9.95. The van der Waals surface area contributed by atoms with Crippen molar-refractivity contribution in [2.75, 3.05) is 27.2 Å². The lowest BCUT2D eigenvalue weighted by Gasteiger charge is -2.16. The molecule has 20 heavy (non-hydrogen) atoms. The number of nitrogens with one attached hydrogen (secondary N) is 1. The van der Waals surface area contributed by atoms with Gasteiger partial charge in [0, 0.05) is 13.6 Å². The van der Waals surface area contributed by atoms with E-state index in [1.807, 2.05) is 31.2 Å². The van der Waals surface area contributed by atoms with Crippen molar-refractivity contribution in [3.05, 3.63) is 29.8 Å². The Morgan fingerprint density at radius 2 is 1.90 bits per heavy atom. The number of likely N-dealkylation sites (N-methyl/N-ethyl adjacent to an activating group) is 1. The number of amides is 2. The summed E-state index contributed by atoms with van der Waals surface area (Å²) in [5, 5.41) is 2.75. The van der Waals surface area contributed by atoms with E-state index in [4.69, 9.17) is 4.74 Å². The van der Waals surface area contributed by atoms with E-state index in [1.54, 1.807) is 14.2 Å². The maximum atomic E-state index is 12.0. The van der Waals surface area contributed by atoms with E-state index in [2.05, 4.69) is 5.32 Å². The second-order valence-electron chi connectivity index (χ2n) is 4.62. The maximum absolute atomic E-state index is 12.0. The molecule has 5 heteroatoms. The molecule has 1 aromatic carbocycles. The predicted molar refractivity (Wildman–Crippen MR) is 77.6 cm³/mol. The van der Waals surface area contributed by atoms with Crippen LogP contribution in [-0.4, -0.2) is 44.0 Å². The van der Waals surface area contributed by atoms with E-state index < -0.39 is 0 Å². The molecule has 0 spiro atoms. The van der Waals surface area contributed by atoms with Gasteiger partial charge in [-0.1, -0.05) is 19.1 Å². The van der Waals surface area contributed by atoms with Crippen LogP contribution >= 0.6 is 0 Å². The van der Waals surface area contributed by atoms with Crippen molar-refractivity contribution in [3.63, 3.8) is 0 Å².